The molecule has 1 saturated heterocycles. The molecule has 2 N–H and O–H groups in total. The van der Waals surface area contributed by atoms with E-state index in [2.05, 4.69) is 10.6 Å². The molecular weight excluding hydrogens is 208 g/mol. The van der Waals surface area contributed by atoms with Crippen LogP contribution in [0.2, 0.25) is 0 Å². The van der Waals surface area contributed by atoms with Crippen molar-refractivity contribution in [3.63, 3.8) is 0 Å². The highest BCUT2D eigenvalue weighted by atomic mass is 32.1. The van der Waals surface area contributed by atoms with Crippen LogP contribution in [0.3, 0.4) is 0 Å². The Morgan fingerprint density at radius 2 is 2.60 bits per heavy atom. The van der Waals surface area contributed by atoms with Gasteiger partial charge in [0.1, 0.15) is 0 Å². The second-order valence-corrected chi connectivity index (χ2v) is 4.76. The summed E-state index contributed by atoms with van der Waals surface area (Å²) in [7, 11) is 0. The number of carbonyl (C=O) groups is 1. The van der Waals surface area contributed by atoms with E-state index in [-0.39, 0.29) is 11.8 Å². The van der Waals surface area contributed by atoms with Gasteiger partial charge < -0.3 is 10.6 Å². The van der Waals surface area contributed by atoms with Crippen LogP contribution in [-0.4, -0.2) is 25.0 Å². The molecule has 0 aliphatic carbocycles. The first-order chi connectivity index (χ1) is 7.27. The van der Waals surface area contributed by atoms with E-state index in [9.17, 15) is 4.79 Å². The van der Waals surface area contributed by atoms with E-state index in [0.717, 1.165) is 25.1 Å². The average molecular weight is 224 g/mol. The van der Waals surface area contributed by atoms with E-state index < -0.39 is 0 Å². The van der Waals surface area contributed by atoms with Crippen molar-refractivity contribution in [2.45, 2.75) is 25.3 Å². The number of amides is 1. The van der Waals surface area contributed by atoms with E-state index in [1.165, 1.54) is 0 Å². The number of carbonyl (C=O) groups excluding carboxylic acids is 1. The van der Waals surface area contributed by atoms with Crippen LogP contribution in [0.15, 0.2) is 16.8 Å². The standard InChI is InChI=1S/C11H16N2OS/c1-8(9-3-5-15-7-9)11(14)13-10-2-4-12-6-10/h3,5,7-8,10,12H,2,4,6H2,1H3,(H,13,14). The second kappa shape index (κ2) is 4.77. The van der Waals surface area contributed by atoms with Crippen LogP contribution >= 0.6 is 11.3 Å². The zero-order valence-electron chi connectivity index (χ0n) is 8.82. The highest BCUT2D eigenvalue weighted by Crippen LogP contribution is 2.18. The van der Waals surface area contributed by atoms with Crippen LogP contribution in [0.25, 0.3) is 0 Å². The Hall–Kier alpha value is -0.870. The number of thiophene rings is 1. The predicted octanol–water partition coefficient (Wildman–Crippen LogP) is 1.33. The van der Waals surface area contributed by atoms with Gasteiger partial charge in [0.05, 0.1) is 5.92 Å². The minimum absolute atomic E-state index is 0.0307. The lowest BCUT2D eigenvalue weighted by Gasteiger charge is -2.15. The molecule has 2 rings (SSSR count). The zero-order valence-corrected chi connectivity index (χ0v) is 9.64. The van der Waals surface area contributed by atoms with Gasteiger partial charge in [-0.3, -0.25) is 4.79 Å². The first kappa shape index (κ1) is 10.6. The molecule has 1 fully saturated rings. The molecular formula is C11H16N2OS. The molecule has 2 unspecified atom stereocenters. The molecule has 3 nitrogen and oxygen atoms in total. The van der Waals surface area contributed by atoms with Crippen molar-refractivity contribution < 1.29 is 4.79 Å². The third-order valence-corrected chi connectivity index (χ3v) is 3.54. The van der Waals surface area contributed by atoms with Crippen LogP contribution in [0, 0.1) is 0 Å². The van der Waals surface area contributed by atoms with Crippen LogP contribution < -0.4 is 10.6 Å². The molecule has 0 spiro atoms. The van der Waals surface area contributed by atoms with E-state index in [4.69, 9.17) is 0 Å². The van der Waals surface area contributed by atoms with Gasteiger partial charge in [0.2, 0.25) is 5.91 Å². The lowest BCUT2D eigenvalue weighted by Crippen LogP contribution is -2.38. The fourth-order valence-electron chi connectivity index (χ4n) is 1.78. The predicted molar refractivity (Wildman–Crippen MR) is 62.2 cm³/mol. The van der Waals surface area contributed by atoms with Crippen LogP contribution in [-0.2, 0) is 4.79 Å². The Labute approximate surface area is 93.9 Å². The SMILES string of the molecule is CC(C(=O)NC1CCNC1)c1ccsc1. The van der Waals surface area contributed by atoms with Gasteiger partial charge >= 0.3 is 0 Å². The van der Waals surface area contributed by atoms with Crippen LogP contribution in [0.1, 0.15) is 24.8 Å². The van der Waals surface area contributed by atoms with Crippen molar-refractivity contribution in [3.8, 4) is 0 Å². The van der Waals surface area contributed by atoms with Crippen molar-refractivity contribution in [2.75, 3.05) is 13.1 Å². The summed E-state index contributed by atoms with van der Waals surface area (Å²) < 4.78 is 0. The summed E-state index contributed by atoms with van der Waals surface area (Å²) >= 11 is 1.64. The Balaban J connectivity index is 1.90. The number of nitrogens with one attached hydrogen (secondary N) is 2. The minimum atomic E-state index is -0.0307. The van der Waals surface area contributed by atoms with Gasteiger partial charge in [-0.25, -0.2) is 0 Å². The molecule has 1 aromatic heterocycles. The lowest BCUT2D eigenvalue weighted by molar-refractivity contribution is -0.122. The van der Waals surface area contributed by atoms with Gasteiger partial charge in [0.25, 0.3) is 0 Å². The fraction of sp³-hybridized carbons (Fsp3) is 0.545. The van der Waals surface area contributed by atoms with Crippen molar-refractivity contribution >= 4 is 17.2 Å². The summed E-state index contributed by atoms with van der Waals surface area (Å²) in [5.41, 5.74) is 1.11. The Morgan fingerprint density at radius 1 is 1.73 bits per heavy atom. The van der Waals surface area contributed by atoms with E-state index in [1.807, 2.05) is 23.8 Å². The molecule has 0 bridgehead atoms. The third kappa shape index (κ3) is 2.58. The largest absolute Gasteiger partial charge is 0.352 e. The number of hydrogen-bond acceptors (Lipinski definition) is 3. The summed E-state index contributed by atoms with van der Waals surface area (Å²) in [6.45, 7) is 3.87. The van der Waals surface area contributed by atoms with E-state index in [0.29, 0.717) is 6.04 Å². The summed E-state index contributed by atoms with van der Waals surface area (Å²) in [5, 5.41) is 10.4. The zero-order chi connectivity index (χ0) is 10.7. The van der Waals surface area contributed by atoms with Gasteiger partial charge in [0, 0.05) is 12.6 Å². The first-order valence-electron chi connectivity index (χ1n) is 5.30. The summed E-state index contributed by atoms with van der Waals surface area (Å²) in [4.78, 5) is 11.9. The molecule has 1 aromatic rings. The Bertz CT molecular complexity index is 317. The fourth-order valence-corrected chi connectivity index (χ4v) is 2.53. The van der Waals surface area contributed by atoms with E-state index in [1.54, 1.807) is 11.3 Å². The maximum atomic E-state index is 11.9. The van der Waals surface area contributed by atoms with Crippen LogP contribution in [0.4, 0.5) is 0 Å². The molecule has 1 aliphatic heterocycles. The average Bonchev–Trinajstić information content (AvgIpc) is 2.88. The second-order valence-electron chi connectivity index (χ2n) is 3.98. The monoisotopic (exact) mass is 224 g/mol. The maximum absolute atomic E-state index is 11.9. The molecule has 2 heterocycles. The normalized spacial score (nSPS) is 22.6. The number of hydrogen-bond donors (Lipinski definition) is 2. The summed E-state index contributed by atoms with van der Waals surface area (Å²) in [5.74, 6) is 0.110. The topological polar surface area (TPSA) is 41.1 Å². The smallest absolute Gasteiger partial charge is 0.227 e. The first-order valence-corrected chi connectivity index (χ1v) is 6.25. The summed E-state index contributed by atoms with van der Waals surface area (Å²) in [6.07, 6.45) is 1.04. The Morgan fingerprint density at radius 3 is 3.20 bits per heavy atom. The highest BCUT2D eigenvalue weighted by molar-refractivity contribution is 7.08. The number of rotatable bonds is 3. The molecule has 2 atom stereocenters. The molecule has 15 heavy (non-hydrogen) atoms. The van der Waals surface area contributed by atoms with Crippen molar-refractivity contribution in [3.05, 3.63) is 22.4 Å². The Kier molecular flexibility index (Phi) is 3.38. The van der Waals surface area contributed by atoms with Gasteiger partial charge in [0.15, 0.2) is 0 Å². The van der Waals surface area contributed by atoms with Gasteiger partial charge in [-0.05, 0) is 42.3 Å². The molecule has 4 heteroatoms. The molecule has 0 radical (unpaired) electrons. The maximum Gasteiger partial charge on any atom is 0.227 e. The molecule has 1 amide bonds. The third-order valence-electron chi connectivity index (χ3n) is 2.84. The van der Waals surface area contributed by atoms with Gasteiger partial charge in [-0.15, -0.1) is 0 Å². The van der Waals surface area contributed by atoms with Crippen molar-refractivity contribution in [1.82, 2.24) is 10.6 Å². The molecule has 0 saturated carbocycles. The summed E-state index contributed by atoms with van der Waals surface area (Å²) in [6, 6.07) is 2.33. The molecule has 0 aromatic carbocycles. The molecule has 82 valence electrons. The minimum Gasteiger partial charge on any atom is -0.352 e. The van der Waals surface area contributed by atoms with Crippen molar-refractivity contribution in [2.24, 2.45) is 0 Å². The van der Waals surface area contributed by atoms with Crippen LogP contribution in [0.5, 0.6) is 0 Å². The van der Waals surface area contributed by atoms with Gasteiger partial charge in [-0.2, -0.15) is 11.3 Å². The quantitative estimate of drug-likeness (QED) is 0.813. The van der Waals surface area contributed by atoms with Gasteiger partial charge in [-0.1, -0.05) is 0 Å². The molecule has 1 aliphatic rings. The highest BCUT2D eigenvalue weighted by Gasteiger charge is 2.21. The lowest BCUT2D eigenvalue weighted by atomic mass is 10.0. The van der Waals surface area contributed by atoms with E-state index >= 15 is 0 Å². The van der Waals surface area contributed by atoms with Crippen molar-refractivity contribution in [1.29, 1.82) is 0 Å².